The van der Waals surface area contributed by atoms with Crippen molar-refractivity contribution in [3.63, 3.8) is 0 Å². The summed E-state index contributed by atoms with van der Waals surface area (Å²) in [6, 6.07) is 4.13. The number of carbonyl (C=O) groups is 1. The highest BCUT2D eigenvalue weighted by atomic mass is 35.5. The number of nitrogens with one attached hydrogen (secondary N) is 1. The van der Waals surface area contributed by atoms with E-state index in [2.05, 4.69) is 5.32 Å². The lowest BCUT2D eigenvalue weighted by atomic mass is 9.76. The number of amides is 1. The largest absolute Gasteiger partial charge is 0.393 e. The van der Waals surface area contributed by atoms with E-state index < -0.39 is 5.82 Å². The third-order valence-electron chi connectivity index (χ3n) is 3.87. The Morgan fingerprint density at radius 1 is 1.55 bits per heavy atom. The van der Waals surface area contributed by atoms with Crippen molar-refractivity contribution in [1.82, 2.24) is 5.32 Å². The maximum atomic E-state index is 12.9. The van der Waals surface area contributed by atoms with Crippen LogP contribution in [0, 0.1) is 11.7 Å². The third-order valence-corrected chi connectivity index (χ3v) is 4.22. The Morgan fingerprint density at radius 3 is 2.80 bits per heavy atom. The van der Waals surface area contributed by atoms with E-state index in [1.165, 1.54) is 18.2 Å². The van der Waals surface area contributed by atoms with Gasteiger partial charge in [0.1, 0.15) is 5.82 Å². The van der Waals surface area contributed by atoms with Gasteiger partial charge in [0.05, 0.1) is 12.5 Å². The highest BCUT2D eigenvalue weighted by molar-refractivity contribution is 6.31. The number of halogens is 2. The molecule has 1 aliphatic rings. The molecule has 3 nitrogen and oxygen atoms in total. The summed E-state index contributed by atoms with van der Waals surface area (Å²) < 4.78 is 12.9. The maximum absolute atomic E-state index is 12.9. The van der Waals surface area contributed by atoms with Gasteiger partial charge in [-0.15, -0.1) is 0 Å². The van der Waals surface area contributed by atoms with Crippen LogP contribution in [-0.2, 0) is 11.2 Å². The van der Waals surface area contributed by atoms with Gasteiger partial charge in [-0.3, -0.25) is 4.79 Å². The standard InChI is InChI=1S/C15H19ClFNO2/c1-2-14(10-5-12(19)6-10)18-15(20)7-9-3-4-11(17)8-13(9)16/h3-4,8,10,12,14,19H,2,5-7H2,1H3,(H,18,20)/t10?,12?,14-/m0/s1. The molecule has 5 heteroatoms. The van der Waals surface area contributed by atoms with Crippen LogP contribution in [0.4, 0.5) is 4.39 Å². The van der Waals surface area contributed by atoms with Crippen LogP contribution in [0.1, 0.15) is 31.7 Å². The lowest BCUT2D eigenvalue weighted by Gasteiger charge is -2.37. The fourth-order valence-electron chi connectivity index (χ4n) is 2.61. The molecule has 1 fully saturated rings. The van der Waals surface area contributed by atoms with E-state index in [-0.39, 0.29) is 29.5 Å². The molecule has 1 amide bonds. The topological polar surface area (TPSA) is 49.3 Å². The minimum atomic E-state index is -0.408. The Bertz CT molecular complexity index is 489. The monoisotopic (exact) mass is 299 g/mol. The number of hydrogen-bond donors (Lipinski definition) is 2. The van der Waals surface area contributed by atoms with Gasteiger partial charge in [0.2, 0.25) is 5.91 Å². The number of carbonyl (C=O) groups excluding carboxylic acids is 1. The summed E-state index contributed by atoms with van der Waals surface area (Å²) in [6.07, 6.45) is 2.25. The molecule has 110 valence electrons. The molecule has 0 unspecified atom stereocenters. The van der Waals surface area contributed by atoms with Crippen LogP contribution >= 0.6 is 11.6 Å². The lowest BCUT2D eigenvalue weighted by Crippen LogP contribution is -2.47. The van der Waals surface area contributed by atoms with Crippen molar-refractivity contribution in [2.24, 2.45) is 5.92 Å². The average Bonchev–Trinajstić information content (AvgIpc) is 2.36. The second-order valence-corrected chi connectivity index (χ2v) is 5.79. The molecule has 1 aromatic carbocycles. The van der Waals surface area contributed by atoms with Crippen molar-refractivity contribution in [3.8, 4) is 0 Å². The molecule has 1 aromatic rings. The minimum absolute atomic E-state index is 0.0881. The van der Waals surface area contributed by atoms with Gasteiger partial charge in [-0.1, -0.05) is 24.6 Å². The third kappa shape index (κ3) is 3.70. The SMILES string of the molecule is CC[C@H](NC(=O)Cc1ccc(F)cc1Cl)C1CC(O)C1. The van der Waals surface area contributed by atoms with E-state index in [9.17, 15) is 14.3 Å². The molecular formula is C15H19ClFNO2. The van der Waals surface area contributed by atoms with Crippen LogP contribution < -0.4 is 5.32 Å². The molecule has 0 aromatic heterocycles. The zero-order valence-electron chi connectivity index (χ0n) is 11.4. The number of aliphatic hydroxyl groups excluding tert-OH is 1. The fraction of sp³-hybridized carbons (Fsp3) is 0.533. The first-order valence-corrected chi connectivity index (χ1v) is 7.28. The highest BCUT2D eigenvalue weighted by Gasteiger charge is 2.33. The van der Waals surface area contributed by atoms with Crippen molar-refractivity contribution in [2.75, 3.05) is 0 Å². The maximum Gasteiger partial charge on any atom is 0.224 e. The smallest absolute Gasteiger partial charge is 0.224 e. The van der Waals surface area contributed by atoms with E-state index in [1.54, 1.807) is 0 Å². The number of rotatable bonds is 5. The molecule has 0 bridgehead atoms. The lowest BCUT2D eigenvalue weighted by molar-refractivity contribution is -0.122. The second-order valence-electron chi connectivity index (χ2n) is 5.38. The predicted molar refractivity (Wildman–Crippen MR) is 76.1 cm³/mol. The quantitative estimate of drug-likeness (QED) is 0.878. The van der Waals surface area contributed by atoms with Crippen molar-refractivity contribution >= 4 is 17.5 Å². The summed E-state index contributed by atoms with van der Waals surface area (Å²) in [4.78, 5) is 12.0. The van der Waals surface area contributed by atoms with Crippen LogP contribution in [-0.4, -0.2) is 23.2 Å². The van der Waals surface area contributed by atoms with Crippen LogP contribution in [0.2, 0.25) is 5.02 Å². The summed E-state index contributed by atoms with van der Waals surface area (Å²) in [5, 5.41) is 12.6. The van der Waals surface area contributed by atoms with Gasteiger partial charge in [0.15, 0.2) is 0 Å². The second kappa shape index (κ2) is 6.55. The van der Waals surface area contributed by atoms with Crippen molar-refractivity contribution in [3.05, 3.63) is 34.6 Å². The van der Waals surface area contributed by atoms with E-state index in [0.717, 1.165) is 19.3 Å². The van der Waals surface area contributed by atoms with Crippen LogP contribution in [0.15, 0.2) is 18.2 Å². The van der Waals surface area contributed by atoms with Gasteiger partial charge >= 0.3 is 0 Å². The molecule has 1 aliphatic carbocycles. The van der Waals surface area contributed by atoms with Crippen molar-refractivity contribution in [1.29, 1.82) is 0 Å². The van der Waals surface area contributed by atoms with Gasteiger partial charge in [-0.25, -0.2) is 4.39 Å². The van der Waals surface area contributed by atoms with E-state index in [1.807, 2.05) is 6.92 Å². The summed E-state index contributed by atoms with van der Waals surface area (Å²) >= 11 is 5.91. The van der Waals surface area contributed by atoms with Crippen molar-refractivity contribution in [2.45, 2.75) is 44.8 Å². The van der Waals surface area contributed by atoms with Crippen molar-refractivity contribution < 1.29 is 14.3 Å². The Labute approximate surface area is 123 Å². The number of aliphatic hydroxyl groups is 1. The molecule has 1 saturated carbocycles. The summed E-state index contributed by atoms with van der Waals surface area (Å²) in [5.41, 5.74) is 0.620. The van der Waals surface area contributed by atoms with Gasteiger partial charge in [-0.2, -0.15) is 0 Å². The summed E-state index contributed by atoms with van der Waals surface area (Å²) in [6.45, 7) is 2.01. The molecule has 0 aliphatic heterocycles. The Hall–Kier alpha value is -1.13. The first kappa shape index (κ1) is 15.3. The van der Waals surface area contributed by atoms with Crippen LogP contribution in [0.5, 0.6) is 0 Å². The van der Waals surface area contributed by atoms with Crippen LogP contribution in [0.25, 0.3) is 0 Å². The molecule has 20 heavy (non-hydrogen) atoms. The summed E-state index contributed by atoms with van der Waals surface area (Å²) in [7, 11) is 0. The molecule has 0 heterocycles. The minimum Gasteiger partial charge on any atom is -0.393 e. The molecular weight excluding hydrogens is 281 g/mol. The summed E-state index contributed by atoms with van der Waals surface area (Å²) in [5.74, 6) is -0.177. The Balaban J connectivity index is 1.91. The molecule has 1 atom stereocenters. The average molecular weight is 300 g/mol. The first-order valence-electron chi connectivity index (χ1n) is 6.91. The Kier molecular flexibility index (Phi) is 5.00. The first-order chi connectivity index (χ1) is 9.49. The number of benzene rings is 1. The van der Waals surface area contributed by atoms with Gasteiger partial charge in [0, 0.05) is 11.1 Å². The van der Waals surface area contributed by atoms with E-state index in [4.69, 9.17) is 11.6 Å². The van der Waals surface area contributed by atoms with Gasteiger partial charge < -0.3 is 10.4 Å². The molecule has 0 radical (unpaired) electrons. The van der Waals surface area contributed by atoms with Gasteiger partial charge in [0.25, 0.3) is 0 Å². The zero-order valence-corrected chi connectivity index (χ0v) is 12.2. The normalized spacial score (nSPS) is 23.0. The molecule has 2 N–H and O–H groups in total. The van der Waals surface area contributed by atoms with E-state index in [0.29, 0.717) is 11.5 Å². The predicted octanol–water partition coefficient (Wildman–Crippen LogP) is 2.69. The van der Waals surface area contributed by atoms with Crippen LogP contribution in [0.3, 0.4) is 0 Å². The fourth-order valence-corrected chi connectivity index (χ4v) is 2.84. The molecule has 2 rings (SSSR count). The zero-order chi connectivity index (χ0) is 14.7. The Morgan fingerprint density at radius 2 is 2.25 bits per heavy atom. The molecule has 0 spiro atoms. The highest BCUT2D eigenvalue weighted by Crippen LogP contribution is 2.31. The van der Waals surface area contributed by atoms with E-state index >= 15 is 0 Å². The van der Waals surface area contributed by atoms with Gasteiger partial charge in [-0.05, 0) is 42.9 Å². The number of hydrogen-bond acceptors (Lipinski definition) is 2. The molecule has 0 saturated heterocycles.